The smallest absolute Gasteiger partial charge is 0.124 e. The number of hydrogen-bond acceptors (Lipinski definition) is 2. The molecule has 0 aliphatic carbocycles. The summed E-state index contributed by atoms with van der Waals surface area (Å²) in [6.07, 6.45) is 0. The highest BCUT2D eigenvalue weighted by Gasteiger charge is 2.16. The minimum Gasteiger partial charge on any atom is -0.507 e. The van der Waals surface area contributed by atoms with Crippen LogP contribution >= 0.6 is 0 Å². The van der Waals surface area contributed by atoms with Crippen molar-refractivity contribution in [1.29, 1.82) is 0 Å². The maximum atomic E-state index is 10.3. The Balaban J connectivity index is 2.33. The molecule has 1 atom stereocenters. The van der Waals surface area contributed by atoms with Crippen LogP contribution in [0.4, 0.5) is 0 Å². The summed E-state index contributed by atoms with van der Waals surface area (Å²) in [4.78, 5) is 0. The summed E-state index contributed by atoms with van der Waals surface area (Å²) in [6.45, 7) is 2.14. The molecular formula is C19H16O2. The standard InChI is InChI=1S/C19H16O2/c1-11(10-20)16-8-12-4-2-5-13-9-17(21)15-7-3-6-14(16)19(15)18(12)13/h2-9,11,20-21H,10H2,1H3. The van der Waals surface area contributed by atoms with Gasteiger partial charge < -0.3 is 10.2 Å². The van der Waals surface area contributed by atoms with Gasteiger partial charge in [0.1, 0.15) is 5.75 Å². The van der Waals surface area contributed by atoms with E-state index in [1.165, 1.54) is 5.39 Å². The Hall–Kier alpha value is -2.32. The van der Waals surface area contributed by atoms with E-state index in [-0.39, 0.29) is 12.5 Å². The quantitative estimate of drug-likeness (QED) is 0.533. The fourth-order valence-corrected chi connectivity index (χ4v) is 3.37. The van der Waals surface area contributed by atoms with Crippen molar-refractivity contribution < 1.29 is 10.2 Å². The number of phenols is 1. The Morgan fingerprint density at radius 2 is 1.57 bits per heavy atom. The number of rotatable bonds is 2. The van der Waals surface area contributed by atoms with Crippen molar-refractivity contribution in [3.05, 3.63) is 54.1 Å². The number of aromatic hydroxyl groups is 1. The zero-order valence-corrected chi connectivity index (χ0v) is 11.8. The van der Waals surface area contributed by atoms with Crippen LogP contribution in [0.3, 0.4) is 0 Å². The van der Waals surface area contributed by atoms with Crippen molar-refractivity contribution in [3.8, 4) is 5.75 Å². The topological polar surface area (TPSA) is 40.5 Å². The zero-order chi connectivity index (χ0) is 14.6. The molecule has 4 aromatic carbocycles. The van der Waals surface area contributed by atoms with Crippen LogP contribution in [0.15, 0.2) is 48.5 Å². The van der Waals surface area contributed by atoms with Crippen LogP contribution in [0.1, 0.15) is 18.4 Å². The lowest BCUT2D eigenvalue weighted by Crippen LogP contribution is -2.00. The van der Waals surface area contributed by atoms with Gasteiger partial charge in [-0.05, 0) is 33.2 Å². The SMILES string of the molecule is CC(CO)c1cc2cccc3cc(O)c4cccc1c4c32. The number of benzene rings is 4. The van der Waals surface area contributed by atoms with Gasteiger partial charge in [-0.3, -0.25) is 0 Å². The molecule has 0 saturated carbocycles. The average molecular weight is 276 g/mol. The van der Waals surface area contributed by atoms with E-state index >= 15 is 0 Å². The highest BCUT2D eigenvalue weighted by molar-refractivity contribution is 6.25. The molecule has 4 aromatic rings. The monoisotopic (exact) mass is 276 g/mol. The molecule has 0 spiro atoms. The molecular weight excluding hydrogens is 260 g/mol. The highest BCUT2D eigenvalue weighted by Crippen LogP contribution is 2.41. The third-order valence-electron chi connectivity index (χ3n) is 4.44. The Morgan fingerprint density at radius 3 is 2.33 bits per heavy atom. The summed E-state index contributed by atoms with van der Waals surface area (Å²) in [5.74, 6) is 0.385. The first-order chi connectivity index (χ1) is 10.2. The summed E-state index contributed by atoms with van der Waals surface area (Å²) in [5, 5.41) is 26.4. The first-order valence-electron chi connectivity index (χ1n) is 7.21. The third kappa shape index (κ3) is 1.63. The van der Waals surface area contributed by atoms with Gasteiger partial charge in [0, 0.05) is 23.3 Å². The van der Waals surface area contributed by atoms with Gasteiger partial charge in [-0.15, -0.1) is 0 Å². The van der Waals surface area contributed by atoms with Gasteiger partial charge in [0.2, 0.25) is 0 Å². The Bertz CT molecular complexity index is 956. The minimum atomic E-state index is 0.0707. The third-order valence-corrected chi connectivity index (χ3v) is 4.44. The summed E-state index contributed by atoms with van der Waals surface area (Å²) in [5.41, 5.74) is 1.13. The molecule has 4 rings (SSSR count). The average Bonchev–Trinajstić information content (AvgIpc) is 2.52. The van der Waals surface area contributed by atoms with Gasteiger partial charge in [0.15, 0.2) is 0 Å². The molecule has 0 bridgehead atoms. The van der Waals surface area contributed by atoms with Gasteiger partial charge >= 0.3 is 0 Å². The highest BCUT2D eigenvalue weighted by atomic mass is 16.3. The van der Waals surface area contributed by atoms with Gasteiger partial charge in [-0.1, -0.05) is 49.4 Å². The lowest BCUT2D eigenvalue weighted by atomic mass is 9.87. The Kier molecular flexibility index (Phi) is 2.57. The first kappa shape index (κ1) is 12.4. The summed E-state index contributed by atoms with van der Waals surface area (Å²) >= 11 is 0. The largest absolute Gasteiger partial charge is 0.507 e. The van der Waals surface area contributed by atoms with Crippen LogP contribution in [0.5, 0.6) is 5.75 Å². The maximum Gasteiger partial charge on any atom is 0.124 e. The van der Waals surface area contributed by atoms with Gasteiger partial charge in [-0.25, -0.2) is 0 Å². The maximum absolute atomic E-state index is 10.3. The second-order valence-electron chi connectivity index (χ2n) is 5.75. The molecule has 0 saturated heterocycles. The van der Waals surface area contributed by atoms with Crippen LogP contribution in [-0.2, 0) is 0 Å². The van der Waals surface area contributed by atoms with Crippen molar-refractivity contribution in [2.45, 2.75) is 12.8 Å². The number of hydrogen-bond donors (Lipinski definition) is 2. The molecule has 2 nitrogen and oxygen atoms in total. The van der Waals surface area contributed by atoms with Crippen LogP contribution in [0, 0.1) is 0 Å². The normalized spacial score (nSPS) is 13.4. The molecule has 104 valence electrons. The zero-order valence-electron chi connectivity index (χ0n) is 11.8. The molecule has 0 aliphatic heterocycles. The van der Waals surface area contributed by atoms with E-state index in [4.69, 9.17) is 0 Å². The number of phenolic OH excluding ortho intramolecular Hbond substituents is 1. The molecule has 21 heavy (non-hydrogen) atoms. The molecule has 2 N–H and O–H groups in total. The first-order valence-corrected chi connectivity index (χ1v) is 7.21. The van der Waals surface area contributed by atoms with Gasteiger partial charge in [0.25, 0.3) is 0 Å². The van der Waals surface area contributed by atoms with Crippen molar-refractivity contribution in [2.24, 2.45) is 0 Å². The van der Waals surface area contributed by atoms with E-state index < -0.39 is 0 Å². The lowest BCUT2D eigenvalue weighted by molar-refractivity contribution is 0.274. The second kappa shape index (κ2) is 4.34. The molecule has 0 radical (unpaired) electrons. The molecule has 0 aromatic heterocycles. The minimum absolute atomic E-state index is 0.0707. The van der Waals surface area contributed by atoms with Crippen LogP contribution < -0.4 is 0 Å². The van der Waals surface area contributed by atoms with Crippen LogP contribution in [0.25, 0.3) is 32.3 Å². The van der Waals surface area contributed by atoms with Crippen molar-refractivity contribution in [2.75, 3.05) is 6.61 Å². The van der Waals surface area contributed by atoms with Gasteiger partial charge in [0.05, 0.1) is 0 Å². The number of aliphatic hydroxyl groups excluding tert-OH is 1. The van der Waals surface area contributed by atoms with Crippen LogP contribution in [0.2, 0.25) is 0 Å². The molecule has 2 heteroatoms. The Morgan fingerprint density at radius 1 is 0.905 bits per heavy atom. The summed E-state index contributed by atoms with van der Waals surface area (Å²) in [6, 6.07) is 16.1. The van der Waals surface area contributed by atoms with E-state index in [1.807, 2.05) is 37.3 Å². The lowest BCUT2D eigenvalue weighted by Gasteiger charge is -2.18. The Labute approximate surface area is 122 Å². The predicted octanol–water partition coefficient (Wildman–Crippen LogP) is 4.39. The summed E-state index contributed by atoms with van der Waals surface area (Å²) < 4.78 is 0. The van der Waals surface area contributed by atoms with Crippen molar-refractivity contribution in [3.63, 3.8) is 0 Å². The van der Waals surface area contributed by atoms with E-state index in [9.17, 15) is 10.2 Å². The van der Waals surface area contributed by atoms with Crippen molar-refractivity contribution in [1.82, 2.24) is 0 Å². The summed E-state index contributed by atoms with van der Waals surface area (Å²) in [7, 11) is 0. The van der Waals surface area contributed by atoms with E-state index in [2.05, 4.69) is 18.2 Å². The predicted molar refractivity (Wildman–Crippen MR) is 87.3 cm³/mol. The molecule has 0 fully saturated rings. The van der Waals surface area contributed by atoms with Crippen molar-refractivity contribution >= 4 is 32.3 Å². The van der Waals surface area contributed by atoms with Gasteiger partial charge in [-0.2, -0.15) is 0 Å². The fraction of sp³-hybridized carbons (Fsp3) is 0.158. The number of aliphatic hydroxyl groups is 1. The fourth-order valence-electron chi connectivity index (χ4n) is 3.37. The molecule has 0 heterocycles. The van der Waals surface area contributed by atoms with E-state index in [0.29, 0.717) is 5.75 Å². The van der Waals surface area contributed by atoms with E-state index in [1.54, 1.807) is 0 Å². The van der Waals surface area contributed by atoms with E-state index in [0.717, 1.165) is 32.5 Å². The molecule has 0 amide bonds. The second-order valence-corrected chi connectivity index (χ2v) is 5.75. The van der Waals surface area contributed by atoms with Crippen LogP contribution in [-0.4, -0.2) is 16.8 Å². The molecule has 0 aliphatic rings. The molecule has 1 unspecified atom stereocenters.